The van der Waals surface area contributed by atoms with Crippen molar-refractivity contribution in [2.45, 2.75) is 71.9 Å². The van der Waals surface area contributed by atoms with Crippen molar-refractivity contribution in [1.82, 2.24) is 10.2 Å². The number of hydrogen-bond donors (Lipinski definition) is 1. The van der Waals surface area contributed by atoms with Crippen LogP contribution in [0.5, 0.6) is 0 Å². The molecule has 1 N–H and O–H groups in total. The van der Waals surface area contributed by atoms with Gasteiger partial charge in [0.05, 0.1) is 0 Å². The molecule has 0 radical (unpaired) electrons. The van der Waals surface area contributed by atoms with E-state index in [1.807, 2.05) is 0 Å². The standard InChI is InChI=1S/C17H34N2/c1-5-17(15-7-6-8-15)19-11-14(4)9-16(12-19)18-10-13(2)3/h13-18H,5-12H2,1-4H3. The van der Waals surface area contributed by atoms with Crippen LogP contribution in [0.2, 0.25) is 0 Å². The number of piperidine rings is 1. The van der Waals surface area contributed by atoms with Gasteiger partial charge in [-0.15, -0.1) is 0 Å². The lowest BCUT2D eigenvalue weighted by Gasteiger charge is -2.46. The third kappa shape index (κ3) is 4.19. The molecule has 3 atom stereocenters. The Kier molecular flexibility index (Phi) is 5.70. The molecule has 1 heterocycles. The van der Waals surface area contributed by atoms with Gasteiger partial charge in [-0.3, -0.25) is 4.90 Å². The summed E-state index contributed by atoms with van der Waals surface area (Å²) in [6.07, 6.45) is 7.14. The molecule has 2 aliphatic rings. The van der Waals surface area contributed by atoms with Crippen LogP contribution >= 0.6 is 0 Å². The second-order valence-corrected chi connectivity index (χ2v) is 7.46. The molecule has 3 unspecified atom stereocenters. The minimum atomic E-state index is 0.722. The van der Waals surface area contributed by atoms with E-state index < -0.39 is 0 Å². The molecule has 1 aliphatic carbocycles. The molecule has 0 amide bonds. The molecule has 0 aromatic rings. The minimum Gasteiger partial charge on any atom is -0.312 e. The maximum Gasteiger partial charge on any atom is 0.0198 e. The van der Waals surface area contributed by atoms with Crippen molar-refractivity contribution in [2.75, 3.05) is 19.6 Å². The molecular weight excluding hydrogens is 232 g/mol. The largest absolute Gasteiger partial charge is 0.312 e. The van der Waals surface area contributed by atoms with Gasteiger partial charge in [-0.25, -0.2) is 0 Å². The lowest BCUT2D eigenvalue weighted by molar-refractivity contribution is 0.0435. The predicted octanol–water partition coefficient (Wildman–Crippen LogP) is 3.52. The Hall–Kier alpha value is -0.0800. The van der Waals surface area contributed by atoms with Crippen LogP contribution < -0.4 is 5.32 Å². The second-order valence-electron chi connectivity index (χ2n) is 7.46. The Morgan fingerprint density at radius 1 is 1.21 bits per heavy atom. The smallest absolute Gasteiger partial charge is 0.0198 e. The molecule has 1 aliphatic heterocycles. The van der Waals surface area contributed by atoms with Crippen molar-refractivity contribution in [2.24, 2.45) is 17.8 Å². The predicted molar refractivity (Wildman–Crippen MR) is 83.4 cm³/mol. The molecular formula is C17H34N2. The number of rotatable bonds is 6. The summed E-state index contributed by atoms with van der Waals surface area (Å²) in [7, 11) is 0. The summed E-state index contributed by atoms with van der Waals surface area (Å²) in [4.78, 5) is 2.82. The first-order valence-corrected chi connectivity index (χ1v) is 8.57. The Morgan fingerprint density at radius 3 is 2.47 bits per heavy atom. The fourth-order valence-corrected chi connectivity index (χ4v) is 3.93. The highest BCUT2D eigenvalue weighted by molar-refractivity contribution is 4.90. The number of nitrogens with one attached hydrogen (secondary N) is 1. The molecule has 0 bridgehead atoms. The molecule has 2 fully saturated rings. The second kappa shape index (κ2) is 7.08. The molecule has 2 nitrogen and oxygen atoms in total. The molecule has 1 saturated carbocycles. The maximum atomic E-state index is 3.79. The minimum absolute atomic E-state index is 0.722. The summed E-state index contributed by atoms with van der Waals surface area (Å²) in [5, 5.41) is 3.79. The molecule has 112 valence electrons. The van der Waals surface area contributed by atoms with E-state index in [2.05, 4.69) is 37.9 Å². The van der Waals surface area contributed by atoms with E-state index in [1.54, 1.807) is 0 Å². The van der Waals surface area contributed by atoms with Gasteiger partial charge in [0, 0.05) is 25.2 Å². The molecule has 0 aromatic carbocycles. The SMILES string of the molecule is CCC(C1CCC1)N1CC(C)CC(NCC(C)C)C1. The normalized spacial score (nSPS) is 31.4. The summed E-state index contributed by atoms with van der Waals surface area (Å²) < 4.78 is 0. The molecule has 1 saturated heterocycles. The zero-order chi connectivity index (χ0) is 13.8. The van der Waals surface area contributed by atoms with Crippen molar-refractivity contribution in [3.8, 4) is 0 Å². The number of nitrogens with zero attached hydrogens (tertiary/aromatic N) is 1. The molecule has 19 heavy (non-hydrogen) atoms. The molecule has 2 heteroatoms. The Bertz CT molecular complexity index is 260. The van der Waals surface area contributed by atoms with E-state index in [4.69, 9.17) is 0 Å². The Balaban J connectivity index is 1.88. The quantitative estimate of drug-likeness (QED) is 0.791. The average Bonchev–Trinajstić information content (AvgIpc) is 2.30. The topological polar surface area (TPSA) is 15.3 Å². The first-order chi connectivity index (χ1) is 9.10. The van der Waals surface area contributed by atoms with Gasteiger partial charge in [0.15, 0.2) is 0 Å². The van der Waals surface area contributed by atoms with E-state index in [9.17, 15) is 0 Å². The Labute approximate surface area is 120 Å². The zero-order valence-electron chi connectivity index (χ0n) is 13.5. The van der Waals surface area contributed by atoms with Crippen molar-refractivity contribution in [3.05, 3.63) is 0 Å². The van der Waals surface area contributed by atoms with Gasteiger partial charge >= 0.3 is 0 Å². The highest BCUT2D eigenvalue weighted by Gasteiger charge is 2.34. The monoisotopic (exact) mass is 266 g/mol. The van der Waals surface area contributed by atoms with Crippen molar-refractivity contribution in [1.29, 1.82) is 0 Å². The third-order valence-corrected chi connectivity index (χ3v) is 5.08. The fraction of sp³-hybridized carbons (Fsp3) is 1.00. The van der Waals surface area contributed by atoms with Gasteiger partial charge < -0.3 is 5.32 Å². The first-order valence-electron chi connectivity index (χ1n) is 8.57. The van der Waals surface area contributed by atoms with Gasteiger partial charge in [-0.2, -0.15) is 0 Å². The van der Waals surface area contributed by atoms with E-state index in [0.29, 0.717) is 0 Å². The summed E-state index contributed by atoms with van der Waals surface area (Å²) in [5.41, 5.74) is 0. The summed E-state index contributed by atoms with van der Waals surface area (Å²) >= 11 is 0. The van der Waals surface area contributed by atoms with Crippen LogP contribution in [0.3, 0.4) is 0 Å². The summed E-state index contributed by atoms with van der Waals surface area (Å²) in [6.45, 7) is 13.2. The lowest BCUT2D eigenvalue weighted by atomic mass is 9.77. The van der Waals surface area contributed by atoms with E-state index >= 15 is 0 Å². The van der Waals surface area contributed by atoms with Gasteiger partial charge in [0.2, 0.25) is 0 Å². The van der Waals surface area contributed by atoms with Crippen LogP contribution in [0.4, 0.5) is 0 Å². The van der Waals surface area contributed by atoms with Crippen LogP contribution in [0.15, 0.2) is 0 Å². The Morgan fingerprint density at radius 2 is 1.95 bits per heavy atom. The summed E-state index contributed by atoms with van der Waals surface area (Å²) in [6, 6.07) is 1.58. The lowest BCUT2D eigenvalue weighted by Crippen LogP contribution is -2.55. The van der Waals surface area contributed by atoms with Crippen molar-refractivity contribution in [3.63, 3.8) is 0 Å². The van der Waals surface area contributed by atoms with Crippen LogP contribution in [-0.2, 0) is 0 Å². The number of likely N-dealkylation sites (tertiary alicyclic amines) is 1. The maximum absolute atomic E-state index is 3.79. The van der Waals surface area contributed by atoms with Crippen LogP contribution in [0, 0.1) is 17.8 Å². The van der Waals surface area contributed by atoms with E-state index in [-0.39, 0.29) is 0 Å². The van der Waals surface area contributed by atoms with E-state index in [0.717, 1.165) is 29.8 Å². The first kappa shape index (κ1) is 15.3. The van der Waals surface area contributed by atoms with Gasteiger partial charge in [0.25, 0.3) is 0 Å². The molecule has 2 rings (SSSR count). The fourth-order valence-electron chi connectivity index (χ4n) is 3.93. The molecule has 0 spiro atoms. The summed E-state index contributed by atoms with van der Waals surface area (Å²) in [5.74, 6) is 2.62. The van der Waals surface area contributed by atoms with Crippen LogP contribution in [0.1, 0.15) is 59.8 Å². The zero-order valence-corrected chi connectivity index (χ0v) is 13.5. The van der Waals surface area contributed by atoms with E-state index in [1.165, 1.54) is 51.7 Å². The van der Waals surface area contributed by atoms with Gasteiger partial charge in [0.1, 0.15) is 0 Å². The van der Waals surface area contributed by atoms with Crippen molar-refractivity contribution < 1.29 is 0 Å². The highest BCUT2D eigenvalue weighted by atomic mass is 15.2. The average molecular weight is 266 g/mol. The molecule has 0 aromatic heterocycles. The van der Waals surface area contributed by atoms with Crippen LogP contribution in [-0.4, -0.2) is 36.6 Å². The van der Waals surface area contributed by atoms with Gasteiger partial charge in [-0.05, 0) is 50.0 Å². The van der Waals surface area contributed by atoms with Gasteiger partial charge in [-0.1, -0.05) is 34.1 Å². The van der Waals surface area contributed by atoms with Crippen LogP contribution in [0.25, 0.3) is 0 Å². The van der Waals surface area contributed by atoms with Crippen molar-refractivity contribution >= 4 is 0 Å². The third-order valence-electron chi connectivity index (χ3n) is 5.08. The highest BCUT2D eigenvalue weighted by Crippen LogP contribution is 2.35. The number of hydrogen-bond acceptors (Lipinski definition) is 2.